The fourth-order valence-electron chi connectivity index (χ4n) is 5.98. The number of benzene rings is 1. The van der Waals surface area contributed by atoms with Crippen LogP contribution in [-0.4, -0.2) is 81.6 Å². The first-order valence-corrected chi connectivity index (χ1v) is 11.4. The largest absolute Gasteiger partial charge is 0.507 e. The number of aliphatic hydroxyl groups excluding tert-OH is 1. The van der Waals surface area contributed by atoms with Crippen LogP contribution in [0.3, 0.4) is 0 Å². The number of fused-ring (bicyclic) bond motifs is 3. The Labute approximate surface area is 205 Å². The normalized spacial score (nSPS) is 32.9. The highest BCUT2D eigenvalue weighted by Gasteiger charge is 2.69. The summed E-state index contributed by atoms with van der Waals surface area (Å²) in [7, 11) is 3.04. The second-order valence-electron chi connectivity index (χ2n) is 9.57. The van der Waals surface area contributed by atoms with E-state index in [4.69, 9.17) is 17.3 Å². The van der Waals surface area contributed by atoms with Crippen molar-refractivity contribution in [2.45, 2.75) is 24.5 Å². The monoisotopic (exact) mass is 504 g/mol. The molecule has 2 fully saturated rings. The highest BCUT2D eigenvalue weighted by Crippen LogP contribution is 2.51. The number of ketones is 4. The number of carbonyl (C=O) groups is 5. The van der Waals surface area contributed by atoms with E-state index in [0.29, 0.717) is 11.1 Å². The summed E-state index contributed by atoms with van der Waals surface area (Å²) in [6.45, 7) is -0.444. The predicted molar refractivity (Wildman–Crippen MR) is 122 cm³/mol. The Kier molecular flexibility index (Phi) is 6.21. The summed E-state index contributed by atoms with van der Waals surface area (Å²) in [6, 6.07) is 1.61. The van der Waals surface area contributed by atoms with Gasteiger partial charge in [0.05, 0.1) is 24.1 Å². The molecule has 186 valence electrons. The van der Waals surface area contributed by atoms with Gasteiger partial charge in [-0.15, -0.1) is 0 Å². The fraction of sp³-hybridized carbons (Fsp3) is 0.458. The number of Topliss-reactive ketones (excluding diaryl/α,β-unsaturated/α-hetero) is 4. The summed E-state index contributed by atoms with van der Waals surface area (Å²) in [5, 5.41) is 31.3. The molecule has 4 rings (SSSR count). The minimum absolute atomic E-state index is 0.0452. The quantitative estimate of drug-likeness (QED) is 0.391. The summed E-state index contributed by atoms with van der Waals surface area (Å²) in [5.41, 5.74) is 3.27. The molecule has 0 aliphatic heterocycles. The van der Waals surface area contributed by atoms with Crippen LogP contribution < -0.4 is 5.73 Å². The second kappa shape index (κ2) is 8.63. The molecule has 0 aromatic heterocycles. The van der Waals surface area contributed by atoms with Gasteiger partial charge >= 0.3 is 0 Å². The highest BCUT2D eigenvalue weighted by atomic mass is 35.5. The number of likely N-dealkylation sites (N-methyl/N-ethyl adjacent to an activating group) is 1. The van der Waals surface area contributed by atoms with Crippen molar-refractivity contribution >= 4 is 46.7 Å². The molecule has 0 bridgehead atoms. The molecule has 0 radical (unpaired) electrons. The van der Waals surface area contributed by atoms with Gasteiger partial charge in [0.25, 0.3) is 0 Å². The fourth-order valence-corrected chi connectivity index (χ4v) is 6.10. The summed E-state index contributed by atoms with van der Waals surface area (Å²) < 4.78 is 0. The molecule has 3 aliphatic carbocycles. The van der Waals surface area contributed by atoms with Crippen LogP contribution >= 0.6 is 11.6 Å². The number of amides is 1. The van der Waals surface area contributed by atoms with Crippen LogP contribution in [0, 0.1) is 23.7 Å². The zero-order valence-corrected chi connectivity index (χ0v) is 19.8. The van der Waals surface area contributed by atoms with Gasteiger partial charge < -0.3 is 21.1 Å². The average molecular weight is 505 g/mol. The maximum atomic E-state index is 13.7. The molecule has 1 aromatic rings. The lowest BCUT2D eigenvalue weighted by Gasteiger charge is -2.52. The summed E-state index contributed by atoms with van der Waals surface area (Å²) >= 11 is 5.97. The molecule has 35 heavy (non-hydrogen) atoms. The molecule has 3 aliphatic rings. The predicted octanol–water partition coefficient (Wildman–Crippen LogP) is -0.561. The molecule has 0 spiro atoms. The zero-order chi connectivity index (χ0) is 26.0. The maximum Gasteiger partial charge on any atom is 0.235 e. The maximum absolute atomic E-state index is 13.7. The van der Waals surface area contributed by atoms with Crippen LogP contribution in [-0.2, 0) is 25.6 Å². The summed E-state index contributed by atoms with van der Waals surface area (Å²) in [4.78, 5) is 66.9. The van der Waals surface area contributed by atoms with Crippen LogP contribution in [0.5, 0.6) is 5.75 Å². The Hall–Kier alpha value is -2.92. The first-order chi connectivity index (χ1) is 16.4. The third-order valence-corrected chi connectivity index (χ3v) is 7.67. The van der Waals surface area contributed by atoms with Crippen molar-refractivity contribution in [3.05, 3.63) is 33.9 Å². The van der Waals surface area contributed by atoms with Crippen LogP contribution in [0.1, 0.15) is 27.9 Å². The third kappa shape index (κ3) is 3.55. The van der Waals surface area contributed by atoms with Gasteiger partial charge in [0.1, 0.15) is 5.75 Å². The molecule has 1 amide bonds. The number of nitrogens with zero attached hydrogens (tertiary/aromatic N) is 1. The summed E-state index contributed by atoms with van der Waals surface area (Å²) in [5.74, 6) is -11.0. The lowest BCUT2D eigenvalue weighted by Crippen LogP contribution is -2.74. The number of hydrogen-bond donors (Lipinski definition) is 4. The number of aromatic hydroxyl groups is 1. The van der Waals surface area contributed by atoms with Gasteiger partial charge in [-0.1, -0.05) is 17.7 Å². The smallest absolute Gasteiger partial charge is 0.235 e. The lowest BCUT2D eigenvalue weighted by atomic mass is 9.52. The highest BCUT2D eigenvalue weighted by molar-refractivity contribution is 6.33. The first kappa shape index (κ1) is 25.2. The van der Waals surface area contributed by atoms with E-state index in [0.717, 1.165) is 0 Å². The molecule has 4 unspecified atom stereocenters. The van der Waals surface area contributed by atoms with Crippen LogP contribution in [0.4, 0.5) is 0 Å². The minimum atomic E-state index is -2.76. The Morgan fingerprint density at radius 2 is 1.89 bits per heavy atom. The van der Waals surface area contributed by atoms with Crippen molar-refractivity contribution in [1.82, 2.24) is 4.90 Å². The van der Waals surface area contributed by atoms with Crippen molar-refractivity contribution < 1.29 is 39.3 Å². The number of nitrogens with two attached hydrogens (primary N) is 1. The topological polar surface area (TPSA) is 175 Å². The van der Waals surface area contributed by atoms with Gasteiger partial charge in [-0.05, 0) is 56.1 Å². The van der Waals surface area contributed by atoms with E-state index in [1.165, 1.54) is 37.2 Å². The van der Waals surface area contributed by atoms with E-state index in [9.17, 15) is 39.3 Å². The second-order valence-corrected chi connectivity index (χ2v) is 10.1. The molecule has 6 atom stereocenters. The number of phenols is 1. The van der Waals surface area contributed by atoms with E-state index >= 15 is 0 Å². The molecule has 2 saturated carbocycles. The molecule has 5 N–H and O–H groups in total. The molecule has 11 heteroatoms. The van der Waals surface area contributed by atoms with E-state index in [2.05, 4.69) is 0 Å². The standard InChI is InChI=1S/C24H25ClN2O8/c1-27(2)18-13-7-10-6-12-9(5-11(25)8-28)3-4-14(29)16(12)19(30)15(10)21(32)24(13,35)22(33)17(20(18)31)23(26)34/h3-5,10,13,15,17-18,28-29,35H,6-8H2,1-2H3,(H2,26,34)/b11-5-/t10?,13?,15?,17?,18-,24-/m0/s1. The van der Waals surface area contributed by atoms with Crippen molar-refractivity contribution in [1.29, 1.82) is 0 Å². The van der Waals surface area contributed by atoms with Gasteiger partial charge in [0.15, 0.2) is 34.7 Å². The molecular formula is C24H25ClN2O8. The van der Waals surface area contributed by atoms with Gasteiger partial charge in [-0.3, -0.25) is 28.9 Å². The van der Waals surface area contributed by atoms with Gasteiger partial charge in [0.2, 0.25) is 5.91 Å². The third-order valence-electron chi connectivity index (χ3n) is 7.44. The molecule has 1 aromatic carbocycles. The number of carbonyl (C=O) groups excluding carboxylic acids is 5. The van der Waals surface area contributed by atoms with E-state index in [1.54, 1.807) is 0 Å². The van der Waals surface area contributed by atoms with Gasteiger partial charge in [0, 0.05) is 11.0 Å². The van der Waals surface area contributed by atoms with Crippen LogP contribution in [0.25, 0.3) is 6.08 Å². The van der Waals surface area contributed by atoms with E-state index in [-0.39, 0.29) is 29.2 Å². The van der Waals surface area contributed by atoms with Crippen LogP contribution in [0.15, 0.2) is 17.2 Å². The Balaban J connectivity index is 1.88. The number of aliphatic hydroxyl groups is 2. The lowest BCUT2D eigenvalue weighted by molar-refractivity contribution is -0.181. The Morgan fingerprint density at radius 3 is 2.46 bits per heavy atom. The molecule has 10 nitrogen and oxygen atoms in total. The van der Waals surface area contributed by atoms with Crippen molar-refractivity contribution in [2.24, 2.45) is 29.4 Å². The minimum Gasteiger partial charge on any atom is -0.507 e. The van der Waals surface area contributed by atoms with Crippen molar-refractivity contribution in [3.8, 4) is 5.75 Å². The molecular weight excluding hydrogens is 480 g/mol. The Morgan fingerprint density at radius 1 is 1.23 bits per heavy atom. The number of primary amides is 1. The van der Waals surface area contributed by atoms with Crippen LogP contribution in [0.2, 0.25) is 0 Å². The average Bonchev–Trinajstić information content (AvgIpc) is 2.77. The first-order valence-electron chi connectivity index (χ1n) is 11.0. The number of phenolic OH excluding ortho intramolecular Hbond substituents is 1. The van der Waals surface area contributed by atoms with Crippen molar-refractivity contribution in [3.63, 3.8) is 0 Å². The van der Waals surface area contributed by atoms with E-state index in [1.807, 2.05) is 0 Å². The van der Waals surface area contributed by atoms with Gasteiger partial charge in [-0.2, -0.15) is 0 Å². The van der Waals surface area contributed by atoms with E-state index < -0.39 is 71.0 Å². The zero-order valence-electron chi connectivity index (χ0n) is 19.0. The number of rotatable bonds is 4. The summed E-state index contributed by atoms with van der Waals surface area (Å²) in [6.07, 6.45) is 1.51. The molecule has 0 heterocycles. The SMILES string of the molecule is CN(C)[C@@H]1C(=O)C(C(N)=O)C(=O)[C@@]2(O)C(=O)C3C(=O)c4c(O)ccc(/C=C(\Cl)CO)c4CC3CC12. The Bertz CT molecular complexity index is 1210. The van der Waals surface area contributed by atoms with Crippen molar-refractivity contribution in [2.75, 3.05) is 20.7 Å². The van der Waals surface area contributed by atoms with Gasteiger partial charge in [-0.25, -0.2) is 0 Å². The number of halogens is 1. The molecule has 0 saturated heterocycles. The number of hydrogen-bond acceptors (Lipinski definition) is 9.